The van der Waals surface area contributed by atoms with Gasteiger partial charge >= 0.3 is 0 Å². The molecule has 1 saturated heterocycles. The molecule has 0 atom stereocenters. The van der Waals surface area contributed by atoms with Gasteiger partial charge in [0.2, 0.25) is 0 Å². The predicted octanol–water partition coefficient (Wildman–Crippen LogP) is 7.68. The van der Waals surface area contributed by atoms with Gasteiger partial charge in [-0.15, -0.1) is 0 Å². The number of amides is 1. The van der Waals surface area contributed by atoms with Crippen molar-refractivity contribution < 1.29 is 4.79 Å². The van der Waals surface area contributed by atoms with Gasteiger partial charge in [0.05, 0.1) is 11.4 Å². The van der Waals surface area contributed by atoms with Crippen LogP contribution in [0.2, 0.25) is 5.02 Å². The van der Waals surface area contributed by atoms with Crippen LogP contribution in [0.5, 0.6) is 0 Å². The number of carbonyl (C=O) groups excluding carboxylic acids is 1. The van der Waals surface area contributed by atoms with E-state index in [4.69, 9.17) is 16.6 Å². The van der Waals surface area contributed by atoms with Gasteiger partial charge in [0.15, 0.2) is 0 Å². The van der Waals surface area contributed by atoms with Crippen LogP contribution in [-0.2, 0) is 4.79 Å². The van der Waals surface area contributed by atoms with Crippen LogP contribution in [0.4, 0.5) is 5.69 Å². The topological polar surface area (TPSA) is 44.7 Å². The molecule has 1 aliphatic heterocycles. The van der Waals surface area contributed by atoms with Gasteiger partial charge in [-0.25, -0.2) is 4.99 Å². The van der Waals surface area contributed by atoms with Crippen LogP contribution in [0, 0.1) is 0 Å². The molecular weight excluding hydrogens is 466 g/mol. The normalized spacial score (nSPS) is 18.0. The minimum Gasteiger partial charge on any atom is -0.372 e. The third kappa shape index (κ3) is 5.60. The molecule has 184 valence electrons. The van der Waals surface area contributed by atoms with Crippen molar-refractivity contribution in [2.45, 2.75) is 33.6 Å². The molecule has 2 aliphatic rings. The third-order valence-electron chi connectivity index (χ3n) is 6.58. The zero-order valence-electron chi connectivity index (χ0n) is 21.2. The highest BCUT2D eigenvalue weighted by Crippen LogP contribution is 2.29. The van der Waals surface area contributed by atoms with E-state index in [0.717, 1.165) is 58.0 Å². The maximum absolute atomic E-state index is 13.3. The minimum absolute atomic E-state index is 0.175. The van der Waals surface area contributed by atoms with Crippen LogP contribution in [0.1, 0.15) is 44.7 Å². The third-order valence-corrected chi connectivity index (χ3v) is 6.91. The van der Waals surface area contributed by atoms with Crippen LogP contribution in [0.3, 0.4) is 0 Å². The molecule has 2 aromatic carbocycles. The number of likely N-dealkylation sites (tertiary alicyclic amines) is 1. The SMILES string of the molecule is C=C(N=C1C(C)=CC(C)=C/C1=C(/C)C(=O)Nc1ccc(C(=C)N2CCCC2)cc1)c1ccccc1Cl. The van der Waals surface area contributed by atoms with Gasteiger partial charge in [-0.05, 0) is 69.0 Å². The van der Waals surface area contributed by atoms with Crippen molar-refractivity contribution >= 4 is 40.3 Å². The number of carbonyl (C=O) groups is 1. The van der Waals surface area contributed by atoms with E-state index in [-0.39, 0.29) is 5.91 Å². The average molecular weight is 498 g/mol. The molecule has 1 amide bonds. The Labute approximate surface area is 219 Å². The monoisotopic (exact) mass is 497 g/mol. The second-order valence-electron chi connectivity index (χ2n) is 9.31. The van der Waals surface area contributed by atoms with Crippen molar-refractivity contribution in [2.24, 2.45) is 4.99 Å². The van der Waals surface area contributed by atoms with Gasteiger partial charge in [-0.2, -0.15) is 0 Å². The van der Waals surface area contributed by atoms with Crippen LogP contribution >= 0.6 is 11.6 Å². The molecule has 36 heavy (non-hydrogen) atoms. The second kappa shape index (κ2) is 11.0. The van der Waals surface area contributed by atoms with Crippen molar-refractivity contribution in [3.05, 3.63) is 112 Å². The van der Waals surface area contributed by atoms with E-state index in [2.05, 4.69) is 29.5 Å². The lowest BCUT2D eigenvalue weighted by atomic mass is 9.90. The Kier molecular flexibility index (Phi) is 7.76. The molecule has 4 rings (SSSR count). The first-order chi connectivity index (χ1) is 17.2. The molecule has 4 nitrogen and oxygen atoms in total. The average Bonchev–Trinajstić information content (AvgIpc) is 3.40. The fourth-order valence-corrected chi connectivity index (χ4v) is 4.79. The van der Waals surface area contributed by atoms with Crippen LogP contribution in [-0.4, -0.2) is 29.6 Å². The number of benzene rings is 2. The second-order valence-corrected chi connectivity index (χ2v) is 9.72. The first-order valence-electron chi connectivity index (χ1n) is 12.2. The smallest absolute Gasteiger partial charge is 0.251 e. The lowest BCUT2D eigenvalue weighted by Gasteiger charge is -2.21. The number of halogens is 1. The number of hydrogen-bond acceptors (Lipinski definition) is 3. The number of rotatable bonds is 6. The highest BCUT2D eigenvalue weighted by Gasteiger charge is 2.20. The largest absolute Gasteiger partial charge is 0.372 e. The van der Waals surface area contributed by atoms with E-state index in [1.54, 1.807) is 0 Å². The summed E-state index contributed by atoms with van der Waals surface area (Å²) in [5.74, 6) is -0.175. The zero-order chi connectivity index (χ0) is 25.8. The summed E-state index contributed by atoms with van der Waals surface area (Å²) >= 11 is 6.36. The zero-order valence-corrected chi connectivity index (χ0v) is 22.0. The van der Waals surface area contributed by atoms with Crippen LogP contribution in [0.25, 0.3) is 11.4 Å². The molecule has 1 aliphatic carbocycles. The number of allylic oxidation sites excluding steroid dienone is 5. The van der Waals surface area contributed by atoms with E-state index in [0.29, 0.717) is 16.3 Å². The van der Waals surface area contributed by atoms with E-state index in [1.165, 1.54) is 12.8 Å². The Morgan fingerprint density at radius 3 is 2.33 bits per heavy atom. The van der Waals surface area contributed by atoms with Gasteiger partial charge in [0, 0.05) is 46.2 Å². The predicted molar refractivity (Wildman–Crippen MR) is 153 cm³/mol. The van der Waals surface area contributed by atoms with Gasteiger partial charge in [-0.1, -0.05) is 66.7 Å². The molecule has 0 aromatic heterocycles. The highest BCUT2D eigenvalue weighted by atomic mass is 35.5. The summed E-state index contributed by atoms with van der Waals surface area (Å²) in [5, 5.41) is 3.62. The van der Waals surface area contributed by atoms with E-state index >= 15 is 0 Å². The van der Waals surface area contributed by atoms with E-state index in [1.807, 2.05) is 75.4 Å². The van der Waals surface area contributed by atoms with Gasteiger partial charge in [-0.3, -0.25) is 4.79 Å². The summed E-state index contributed by atoms with van der Waals surface area (Å²) in [7, 11) is 0. The Bertz CT molecular complexity index is 1340. The van der Waals surface area contributed by atoms with Crippen molar-refractivity contribution in [3.63, 3.8) is 0 Å². The van der Waals surface area contributed by atoms with Gasteiger partial charge in [0.1, 0.15) is 0 Å². The maximum Gasteiger partial charge on any atom is 0.251 e. The summed E-state index contributed by atoms with van der Waals surface area (Å²) in [6, 6.07) is 15.4. The fraction of sp³-hybridized carbons (Fsp3) is 0.226. The molecular formula is C31H32ClN3O. The Morgan fingerprint density at radius 1 is 1.00 bits per heavy atom. The molecule has 1 heterocycles. The summed E-state index contributed by atoms with van der Waals surface area (Å²) in [6.45, 7) is 16.3. The summed E-state index contributed by atoms with van der Waals surface area (Å²) < 4.78 is 0. The Morgan fingerprint density at radius 2 is 1.67 bits per heavy atom. The summed E-state index contributed by atoms with van der Waals surface area (Å²) in [6.07, 6.45) is 6.46. The highest BCUT2D eigenvalue weighted by molar-refractivity contribution is 6.32. The molecule has 0 bridgehead atoms. The molecule has 2 aromatic rings. The molecule has 5 heteroatoms. The maximum atomic E-state index is 13.3. The van der Waals surface area contributed by atoms with E-state index in [9.17, 15) is 4.79 Å². The fourth-order valence-electron chi connectivity index (χ4n) is 4.55. The summed E-state index contributed by atoms with van der Waals surface area (Å²) in [5.41, 5.74) is 8.26. The van der Waals surface area contributed by atoms with Crippen LogP contribution in [0.15, 0.2) is 101 Å². The van der Waals surface area contributed by atoms with Crippen molar-refractivity contribution in [3.8, 4) is 0 Å². The van der Waals surface area contributed by atoms with Crippen molar-refractivity contribution in [1.29, 1.82) is 0 Å². The number of aliphatic imine (C=N–C) groups is 1. The standard InChI is InChI=1S/C31H32ClN3O/c1-20-18-21(2)30(33-23(4)27-10-6-7-11-29(27)32)28(19-20)22(3)31(36)34-26-14-12-25(13-15-26)24(5)35-16-8-9-17-35/h6-7,10-15,18-19H,4-5,8-9,16-17H2,1-3H3,(H,34,36)/b28-22+,33-30?. The van der Waals surface area contributed by atoms with Crippen molar-refractivity contribution in [2.75, 3.05) is 18.4 Å². The lowest BCUT2D eigenvalue weighted by Crippen LogP contribution is -2.19. The number of hydrogen-bond donors (Lipinski definition) is 1. The van der Waals surface area contributed by atoms with Crippen LogP contribution < -0.4 is 5.32 Å². The Balaban J connectivity index is 1.58. The molecule has 0 unspecified atom stereocenters. The first-order valence-corrected chi connectivity index (χ1v) is 12.6. The quantitative estimate of drug-likeness (QED) is 0.416. The molecule has 0 spiro atoms. The van der Waals surface area contributed by atoms with Gasteiger partial charge < -0.3 is 10.2 Å². The lowest BCUT2D eigenvalue weighted by molar-refractivity contribution is -0.112. The molecule has 0 radical (unpaired) electrons. The molecule has 1 fully saturated rings. The molecule has 0 saturated carbocycles. The molecule has 1 N–H and O–H groups in total. The first kappa shape index (κ1) is 25.5. The summed E-state index contributed by atoms with van der Waals surface area (Å²) in [4.78, 5) is 20.4. The number of anilines is 1. The van der Waals surface area contributed by atoms with Crippen molar-refractivity contribution in [1.82, 2.24) is 4.90 Å². The van der Waals surface area contributed by atoms with E-state index < -0.39 is 0 Å². The minimum atomic E-state index is -0.175. The number of nitrogens with zero attached hydrogens (tertiary/aromatic N) is 2. The Hall–Kier alpha value is -3.63. The number of nitrogens with one attached hydrogen (secondary N) is 1. The van der Waals surface area contributed by atoms with Gasteiger partial charge in [0.25, 0.3) is 5.91 Å².